The molecule has 10 heteroatoms. The quantitative estimate of drug-likeness (QED) is 0.683. The van der Waals surface area contributed by atoms with E-state index < -0.39 is 24.3 Å². The SMILES string of the molecule is CC1O[C@@H]2OC(C)(C)O[C@@H]2C1OC(=O)N1CCC(C)(NCC(=O)N2CCC[C@H]2C#N)CC1. The number of nitrogens with one attached hydrogen (secondary N) is 1. The lowest BCUT2D eigenvalue weighted by atomic mass is 9.89. The predicted octanol–water partition coefficient (Wildman–Crippen LogP) is 1.35. The van der Waals surface area contributed by atoms with E-state index in [1.54, 1.807) is 9.80 Å². The average molecular weight is 451 g/mol. The highest BCUT2D eigenvalue weighted by molar-refractivity contribution is 5.79. The molecule has 10 nitrogen and oxygen atoms in total. The van der Waals surface area contributed by atoms with Crippen molar-refractivity contribution < 1.29 is 28.5 Å². The summed E-state index contributed by atoms with van der Waals surface area (Å²) in [5, 5.41) is 12.6. The Hall–Kier alpha value is -1.93. The molecule has 0 aromatic carbocycles. The minimum atomic E-state index is -0.765. The van der Waals surface area contributed by atoms with E-state index in [1.807, 2.05) is 20.8 Å². The molecule has 0 radical (unpaired) electrons. The molecule has 4 rings (SSSR count). The van der Waals surface area contributed by atoms with E-state index >= 15 is 0 Å². The molecular weight excluding hydrogens is 416 g/mol. The zero-order chi connectivity index (χ0) is 23.1. The third-order valence-electron chi connectivity index (χ3n) is 6.97. The number of piperidine rings is 1. The normalized spacial score (nSPS) is 35.4. The van der Waals surface area contributed by atoms with E-state index in [0.29, 0.717) is 32.5 Å². The summed E-state index contributed by atoms with van der Waals surface area (Å²) in [6.45, 7) is 9.44. The Balaban J connectivity index is 1.25. The monoisotopic (exact) mass is 450 g/mol. The van der Waals surface area contributed by atoms with Crippen molar-refractivity contribution in [3.8, 4) is 6.07 Å². The first-order valence-corrected chi connectivity index (χ1v) is 11.5. The van der Waals surface area contributed by atoms with Gasteiger partial charge in [-0.2, -0.15) is 5.26 Å². The van der Waals surface area contributed by atoms with Crippen molar-refractivity contribution in [3.05, 3.63) is 0 Å². The van der Waals surface area contributed by atoms with Crippen LogP contribution in [0.1, 0.15) is 53.4 Å². The van der Waals surface area contributed by atoms with Crippen LogP contribution in [0, 0.1) is 11.3 Å². The third-order valence-corrected chi connectivity index (χ3v) is 6.97. The topological polar surface area (TPSA) is 113 Å². The van der Waals surface area contributed by atoms with Gasteiger partial charge in [0, 0.05) is 25.2 Å². The first-order valence-electron chi connectivity index (χ1n) is 11.5. The summed E-state index contributed by atoms with van der Waals surface area (Å²) < 4.78 is 23.1. The van der Waals surface area contributed by atoms with E-state index in [2.05, 4.69) is 18.3 Å². The number of ether oxygens (including phenoxy) is 4. The molecule has 2 unspecified atom stereocenters. The predicted molar refractivity (Wildman–Crippen MR) is 112 cm³/mol. The minimum Gasteiger partial charge on any atom is -0.440 e. The Labute approximate surface area is 189 Å². The molecule has 4 fully saturated rings. The number of carbonyl (C=O) groups excluding carboxylic acids is 2. The largest absolute Gasteiger partial charge is 0.440 e. The molecule has 4 aliphatic rings. The molecule has 0 aliphatic carbocycles. The van der Waals surface area contributed by atoms with Crippen molar-refractivity contribution in [2.24, 2.45) is 0 Å². The van der Waals surface area contributed by atoms with Gasteiger partial charge in [-0.15, -0.1) is 0 Å². The van der Waals surface area contributed by atoms with Gasteiger partial charge in [-0.1, -0.05) is 0 Å². The van der Waals surface area contributed by atoms with Crippen LogP contribution in [-0.2, 0) is 23.7 Å². The second-order valence-corrected chi connectivity index (χ2v) is 9.93. The maximum Gasteiger partial charge on any atom is 0.410 e. The summed E-state index contributed by atoms with van der Waals surface area (Å²) >= 11 is 0. The smallest absolute Gasteiger partial charge is 0.410 e. The summed E-state index contributed by atoms with van der Waals surface area (Å²) in [4.78, 5) is 28.7. The number of rotatable bonds is 4. The van der Waals surface area contributed by atoms with Gasteiger partial charge in [0.15, 0.2) is 24.3 Å². The maximum atomic E-state index is 12.8. The van der Waals surface area contributed by atoms with E-state index in [9.17, 15) is 14.9 Å². The van der Waals surface area contributed by atoms with Crippen molar-refractivity contribution in [2.75, 3.05) is 26.2 Å². The Morgan fingerprint density at radius 2 is 1.91 bits per heavy atom. The molecular formula is C22H34N4O6. The van der Waals surface area contributed by atoms with Gasteiger partial charge in [0.1, 0.15) is 6.04 Å². The van der Waals surface area contributed by atoms with Crippen LogP contribution in [0.15, 0.2) is 0 Å². The van der Waals surface area contributed by atoms with Crippen LogP contribution in [0.25, 0.3) is 0 Å². The van der Waals surface area contributed by atoms with Gasteiger partial charge < -0.3 is 34.1 Å². The van der Waals surface area contributed by atoms with Crippen LogP contribution >= 0.6 is 0 Å². The standard InChI is InChI=1S/C22H34N4O6/c1-14-17(18-19(29-14)32-21(2,3)31-18)30-20(28)25-10-7-22(4,8-11-25)24-13-16(27)26-9-5-6-15(26)12-23/h14-15,17-19,24H,5-11,13H2,1-4H3/t14?,15-,17?,18+,19+/m0/s1. The van der Waals surface area contributed by atoms with Crippen molar-refractivity contribution >= 4 is 12.0 Å². The van der Waals surface area contributed by atoms with Crippen LogP contribution in [0.4, 0.5) is 4.79 Å². The number of fused-ring (bicyclic) bond motifs is 1. The fourth-order valence-electron chi connectivity index (χ4n) is 4.94. The Bertz CT molecular complexity index is 775. The fourth-order valence-corrected chi connectivity index (χ4v) is 4.94. The number of nitriles is 1. The third kappa shape index (κ3) is 4.71. The lowest BCUT2D eigenvalue weighted by Crippen LogP contribution is -2.55. The summed E-state index contributed by atoms with van der Waals surface area (Å²) in [6, 6.07) is 1.90. The first kappa shape index (κ1) is 23.2. The number of carbonyl (C=O) groups is 2. The van der Waals surface area contributed by atoms with Gasteiger partial charge in [-0.05, 0) is 53.4 Å². The molecule has 178 valence electrons. The van der Waals surface area contributed by atoms with Crippen LogP contribution < -0.4 is 5.32 Å². The average Bonchev–Trinajstić information content (AvgIpc) is 3.40. The lowest BCUT2D eigenvalue weighted by Gasteiger charge is -2.40. The molecule has 2 amide bonds. The highest BCUT2D eigenvalue weighted by Gasteiger charge is 2.55. The molecule has 0 aromatic rings. The summed E-state index contributed by atoms with van der Waals surface area (Å²) in [5.41, 5.74) is -0.254. The Morgan fingerprint density at radius 1 is 1.19 bits per heavy atom. The summed E-state index contributed by atoms with van der Waals surface area (Å²) in [6.07, 6.45) is 0.847. The number of amides is 2. The van der Waals surface area contributed by atoms with Gasteiger partial charge in [0.25, 0.3) is 0 Å². The molecule has 4 aliphatic heterocycles. The highest BCUT2D eigenvalue weighted by Crippen LogP contribution is 2.39. The fraction of sp³-hybridized carbons (Fsp3) is 0.864. The van der Waals surface area contributed by atoms with Gasteiger partial charge in [-0.25, -0.2) is 4.79 Å². The minimum absolute atomic E-state index is 0.0383. The van der Waals surface area contributed by atoms with Crippen molar-refractivity contribution in [1.82, 2.24) is 15.1 Å². The number of hydrogen-bond donors (Lipinski definition) is 1. The number of nitrogens with zero attached hydrogens (tertiary/aromatic N) is 3. The second-order valence-electron chi connectivity index (χ2n) is 9.93. The molecule has 32 heavy (non-hydrogen) atoms. The molecule has 0 spiro atoms. The van der Waals surface area contributed by atoms with Crippen molar-refractivity contribution in [1.29, 1.82) is 5.26 Å². The van der Waals surface area contributed by atoms with Crippen LogP contribution in [0.3, 0.4) is 0 Å². The van der Waals surface area contributed by atoms with E-state index in [1.165, 1.54) is 0 Å². The van der Waals surface area contributed by atoms with Crippen LogP contribution in [0.5, 0.6) is 0 Å². The van der Waals surface area contributed by atoms with Gasteiger partial charge in [0.2, 0.25) is 5.91 Å². The van der Waals surface area contributed by atoms with Crippen molar-refractivity contribution in [2.45, 2.75) is 95.3 Å². The van der Waals surface area contributed by atoms with E-state index in [4.69, 9.17) is 18.9 Å². The van der Waals surface area contributed by atoms with Gasteiger partial charge in [-0.3, -0.25) is 4.79 Å². The Morgan fingerprint density at radius 3 is 2.59 bits per heavy atom. The number of hydrogen-bond acceptors (Lipinski definition) is 8. The van der Waals surface area contributed by atoms with Gasteiger partial charge >= 0.3 is 6.09 Å². The second kappa shape index (κ2) is 8.78. The van der Waals surface area contributed by atoms with E-state index in [-0.39, 0.29) is 36.2 Å². The van der Waals surface area contributed by atoms with Gasteiger partial charge in [0.05, 0.1) is 18.7 Å². The zero-order valence-electron chi connectivity index (χ0n) is 19.3. The summed E-state index contributed by atoms with van der Waals surface area (Å²) in [5.74, 6) is -0.804. The number of likely N-dealkylation sites (tertiary alicyclic amines) is 2. The van der Waals surface area contributed by atoms with Crippen LogP contribution in [-0.4, -0.2) is 89.9 Å². The Kier molecular flexibility index (Phi) is 6.38. The molecule has 5 atom stereocenters. The maximum absolute atomic E-state index is 12.8. The molecule has 0 bridgehead atoms. The molecule has 0 aromatic heterocycles. The van der Waals surface area contributed by atoms with E-state index in [0.717, 1.165) is 12.8 Å². The van der Waals surface area contributed by atoms with Crippen molar-refractivity contribution in [3.63, 3.8) is 0 Å². The van der Waals surface area contributed by atoms with Crippen LogP contribution in [0.2, 0.25) is 0 Å². The molecule has 4 saturated heterocycles. The zero-order valence-corrected chi connectivity index (χ0v) is 19.3. The lowest BCUT2D eigenvalue weighted by molar-refractivity contribution is -0.212. The summed E-state index contributed by atoms with van der Waals surface area (Å²) in [7, 11) is 0. The molecule has 1 N–H and O–H groups in total. The molecule has 0 saturated carbocycles. The molecule has 4 heterocycles. The highest BCUT2D eigenvalue weighted by atomic mass is 16.8. The first-order chi connectivity index (χ1) is 15.1.